The summed E-state index contributed by atoms with van der Waals surface area (Å²) in [6, 6.07) is 12.9. The Morgan fingerprint density at radius 1 is 1.03 bits per heavy atom. The van der Waals surface area contributed by atoms with Gasteiger partial charge in [0.05, 0.1) is 26.2 Å². The van der Waals surface area contributed by atoms with E-state index >= 15 is 0 Å². The number of benzene rings is 2. The Kier molecular flexibility index (Phi) is 8.48. The highest BCUT2D eigenvalue weighted by atomic mass is 32.2. The molecular formula is C22H29N3O6S. The van der Waals surface area contributed by atoms with Gasteiger partial charge in [0.25, 0.3) is 0 Å². The van der Waals surface area contributed by atoms with Gasteiger partial charge in [-0.05, 0) is 24.6 Å². The first-order valence-corrected chi connectivity index (χ1v) is 11.7. The molecule has 0 saturated heterocycles. The summed E-state index contributed by atoms with van der Waals surface area (Å²) in [5, 5.41) is 2.53. The van der Waals surface area contributed by atoms with E-state index in [4.69, 9.17) is 9.47 Å². The van der Waals surface area contributed by atoms with E-state index in [-0.39, 0.29) is 18.1 Å². The quantitative estimate of drug-likeness (QED) is 0.574. The van der Waals surface area contributed by atoms with E-state index in [1.807, 2.05) is 30.3 Å². The predicted octanol–water partition coefficient (Wildman–Crippen LogP) is 1.63. The molecule has 9 nitrogen and oxygen atoms in total. The molecule has 0 aromatic heterocycles. The number of ether oxygens (including phenoxy) is 2. The zero-order valence-corrected chi connectivity index (χ0v) is 19.7. The Bertz CT molecular complexity index is 1040. The van der Waals surface area contributed by atoms with E-state index in [2.05, 4.69) is 5.32 Å². The van der Waals surface area contributed by atoms with Crippen molar-refractivity contribution in [3.8, 4) is 11.5 Å². The van der Waals surface area contributed by atoms with E-state index < -0.39 is 28.5 Å². The molecule has 2 aromatic carbocycles. The van der Waals surface area contributed by atoms with Gasteiger partial charge in [-0.15, -0.1) is 0 Å². The molecule has 0 heterocycles. The summed E-state index contributed by atoms with van der Waals surface area (Å²) in [5.74, 6) is -0.127. The molecule has 0 bridgehead atoms. The predicted molar refractivity (Wildman–Crippen MR) is 122 cm³/mol. The highest BCUT2D eigenvalue weighted by Gasteiger charge is 2.30. The van der Waals surface area contributed by atoms with Crippen molar-refractivity contribution < 1.29 is 27.5 Å². The lowest BCUT2D eigenvalue weighted by atomic mass is 10.1. The zero-order valence-electron chi connectivity index (χ0n) is 18.9. The van der Waals surface area contributed by atoms with E-state index in [9.17, 15) is 18.0 Å². The van der Waals surface area contributed by atoms with Gasteiger partial charge >= 0.3 is 0 Å². The Morgan fingerprint density at radius 3 is 2.19 bits per heavy atom. The van der Waals surface area contributed by atoms with Crippen molar-refractivity contribution in [3.63, 3.8) is 0 Å². The number of hydrogen-bond donors (Lipinski definition) is 1. The number of hydrogen-bond acceptors (Lipinski definition) is 6. The molecular weight excluding hydrogens is 434 g/mol. The molecule has 0 radical (unpaired) electrons. The summed E-state index contributed by atoms with van der Waals surface area (Å²) >= 11 is 0. The van der Waals surface area contributed by atoms with Crippen molar-refractivity contribution in [2.24, 2.45) is 0 Å². The zero-order chi connectivity index (χ0) is 23.9. The SMILES string of the molecule is CNC(=O)[C@@H](C)N(Cc1ccccc1)C(=O)CN(c1ccc(OC)c(OC)c1)S(C)(=O)=O. The normalized spacial score (nSPS) is 11.9. The maximum absolute atomic E-state index is 13.3. The number of nitrogens with zero attached hydrogens (tertiary/aromatic N) is 2. The van der Waals surface area contributed by atoms with Crippen LogP contribution in [0.5, 0.6) is 11.5 Å². The fourth-order valence-corrected chi connectivity index (χ4v) is 4.01. The van der Waals surface area contributed by atoms with Gasteiger partial charge < -0.3 is 19.7 Å². The van der Waals surface area contributed by atoms with E-state index in [1.54, 1.807) is 13.0 Å². The third-order valence-corrected chi connectivity index (χ3v) is 6.08. The van der Waals surface area contributed by atoms with Gasteiger partial charge in [0, 0.05) is 19.7 Å². The van der Waals surface area contributed by atoms with Crippen LogP contribution in [-0.2, 0) is 26.2 Å². The molecule has 2 aromatic rings. The van der Waals surface area contributed by atoms with Gasteiger partial charge in [-0.3, -0.25) is 13.9 Å². The van der Waals surface area contributed by atoms with Gasteiger partial charge in [0.2, 0.25) is 21.8 Å². The fraction of sp³-hybridized carbons (Fsp3) is 0.364. The van der Waals surface area contributed by atoms with Crippen LogP contribution < -0.4 is 19.1 Å². The summed E-state index contributed by atoms with van der Waals surface area (Å²) in [6.45, 7) is 1.27. The molecule has 0 unspecified atom stereocenters. The molecule has 1 atom stereocenters. The first kappa shape index (κ1) is 25.0. The molecule has 174 valence electrons. The first-order valence-electron chi connectivity index (χ1n) is 9.87. The average molecular weight is 464 g/mol. The first-order chi connectivity index (χ1) is 15.1. The van der Waals surface area contributed by atoms with E-state index in [1.165, 1.54) is 38.3 Å². The van der Waals surface area contributed by atoms with Crippen LogP contribution in [0.3, 0.4) is 0 Å². The molecule has 2 amide bonds. The smallest absolute Gasteiger partial charge is 0.244 e. The van der Waals surface area contributed by atoms with Crippen LogP contribution in [0.4, 0.5) is 5.69 Å². The number of rotatable bonds is 10. The second-order valence-electron chi connectivity index (χ2n) is 7.11. The Labute approximate surface area is 189 Å². The van der Waals surface area contributed by atoms with Crippen LogP contribution in [0, 0.1) is 0 Å². The van der Waals surface area contributed by atoms with Crippen molar-refractivity contribution in [1.29, 1.82) is 0 Å². The number of sulfonamides is 1. The number of anilines is 1. The van der Waals surface area contributed by atoms with Gasteiger partial charge in [-0.2, -0.15) is 0 Å². The van der Waals surface area contributed by atoms with Gasteiger partial charge in [-0.1, -0.05) is 30.3 Å². The largest absolute Gasteiger partial charge is 0.493 e. The second-order valence-corrected chi connectivity index (χ2v) is 9.01. The summed E-state index contributed by atoms with van der Waals surface area (Å²) < 4.78 is 36.6. The summed E-state index contributed by atoms with van der Waals surface area (Å²) in [6.07, 6.45) is 1.01. The molecule has 0 spiro atoms. The van der Waals surface area contributed by atoms with Crippen LogP contribution in [-0.4, -0.2) is 65.2 Å². The lowest BCUT2D eigenvalue weighted by Crippen LogP contribution is -2.50. The molecule has 0 aliphatic heterocycles. The molecule has 0 fully saturated rings. The van der Waals surface area contributed by atoms with Crippen molar-refractivity contribution in [2.45, 2.75) is 19.5 Å². The Morgan fingerprint density at radius 2 is 1.66 bits per heavy atom. The number of methoxy groups -OCH3 is 2. The standard InChI is InChI=1S/C22H29N3O6S/c1-16(22(27)23-2)24(14-17-9-7-6-8-10-17)21(26)15-25(32(5,28)29)18-11-12-19(30-3)20(13-18)31-4/h6-13,16H,14-15H2,1-5H3,(H,23,27)/t16-/m1/s1. The minimum atomic E-state index is -3.83. The molecule has 1 N–H and O–H groups in total. The Balaban J connectivity index is 2.41. The van der Waals surface area contributed by atoms with E-state index in [0.29, 0.717) is 11.5 Å². The van der Waals surface area contributed by atoms with Crippen LogP contribution in [0.25, 0.3) is 0 Å². The third kappa shape index (κ3) is 6.13. The van der Waals surface area contributed by atoms with Crippen molar-refractivity contribution in [2.75, 3.05) is 38.4 Å². The maximum atomic E-state index is 13.3. The number of carbonyl (C=O) groups excluding carboxylic acids is 2. The van der Waals surface area contributed by atoms with Crippen LogP contribution >= 0.6 is 0 Å². The summed E-state index contributed by atoms with van der Waals surface area (Å²) in [7, 11) is 0.560. The topological polar surface area (TPSA) is 105 Å². The Hall–Kier alpha value is -3.27. The molecule has 32 heavy (non-hydrogen) atoms. The van der Waals surface area contributed by atoms with Gasteiger partial charge in [-0.25, -0.2) is 8.42 Å². The van der Waals surface area contributed by atoms with Gasteiger partial charge in [0.1, 0.15) is 12.6 Å². The highest BCUT2D eigenvalue weighted by Crippen LogP contribution is 2.32. The lowest BCUT2D eigenvalue weighted by Gasteiger charge is -2.31. The number of nitrogens with one attached hydrogen (secondary N) is 1. The highest BCUT2D eigenvalue weighted by molar-refractivity contribution is 7.92. The molecule has 0 aliphatic carbocycles. The molecule has 0 aliphatic rings. The van der Waals surface area contributed by atoms with Crippen molar-refractivity contribution >= 4 is 27.5 Å². The monoisotopic (exact) mass is 463 g/mol. The third-order valence-electron chi connectivity index (χ3n) is 4.94. The van der Waals surface area contributed by atoms with Crippen molar-refractivity contribution in [1.82, 2.24) is 10.2 Å². The minimum Gasteiger partial charge on any atom is -0.493 e. The minimum absolute atomic E-state index is 0.151. The second kappa shape index (κ2) is 10.9. The van der Waals surface area contributed by atoms with Crippen LogP contribution in [0.1, 0.15) is 12.5 Å². The molecule has 2 rings (SSSR count). The van der Waals surface area contributed by atoms with Crippen molar-refractivity contribution in [3.05, 3.63) is 54.1 Å². The lowest BCUT2D eigenvalue weighted by molar-refractivity contribution is -0.139. The maximum Gasteiger partial charge on any atom is 0.244 e. The number of amides is 2. The molecule has 0 saturated carbocycles. The number of carbonyl (C=O) groups is 2. The summed E-state index contributed by atoms with van der Waals surface area (Å²) in [5.41, 5.74) is 1.05. The summed E-state index contributed by atoms with van der Waals surface area (Å²) in [4.78, 5) is 26.9. The van der Waals surface area contributed by atoms with Crippen LogP contribution in [0.15, 0.2) is 48.5 Å². The van der Waals surface area contributed by atoms with E-state index in [0.717, 1.165) is 16.1 Å². The fourth-order valence-electron chi connectivity index (χ4n) is 3.17. The average Bonchev–Trinajstić information content (AvgIpc) is 2.79. The van der Waals surface area contributed by atoms with Gasteiger partial charge in [0.15, 0.2) is 11.5 Å². The van der Waals surface area contributed by atoms with Crippen LogP contribution in [0.2, 0.25) is 0 Å². The number of likely N-dealkylation sites (N-methyl/N-ethyl adjacent to an activating group) is 1. The molecule has 10 heteroatoms.